The molecular weight excluding hydrogens is 1110 g/mol. The van der Waals surface area contributed by atoms with Gasteiger partial charge < -0.3 is 124 Å². The number of carbonyl (C=O) groups excluding carboxylic acids is 3. The Morgan fingerprint density at radius 3 is 1.45 bits per heavy atom. The SMILES string of the molecule is O=C(O)CC(=O)OC[C@H]1O[C@@H](OC2CC3C(O)CC(O[C@@H]4O[C@H](COC(=O)C=CC5CCC(O[C@@H]6O[C@H](COC(=O)C=CC7CCC(O)C(O)C7)[C@@H](O)[C@H](O)[C@H]6O)C(O)C5)[C@@H](O)[C@H](O)[C@H]4O)CC3[OH+]C2C2CCC(O)CC2)[C@H](O)[C@@H](O)[C@@H]1O. The Morgan fingerprint density at radius 2 is 0.940 bits per heavy atom. The van der Waals surface area contributed by atoms with E-state index in [0.717, 1.165) is 12.2 Å². The summed E-state index contributed by atoms with van der Waals surface area (Å²) in [6, 6.07) is 0. The maximum Gasteiger partial charge on any atom is 0.330 e. The minimum atomic E-state index is -1.83. The number of ether oxygens (including phenoxy) is 10. The Bertz CT molecular complexity index is 2180. The van der Waals surface area contributed by atoms with Crippen LogP contribution in [-0.2, 0) is 61.8 Å². The van der Waals surface area contributed by atoms with E-state index in [9.17, 15) is 90.7 Å². The third-order valence-electron chi connectivity index (χ3n) is 17.5. The van der Waals surface area contributed by atoms with E-state index in [1.54, 1.807) is 6.08 Å². The normalized spacial score (nSPS) is 46.2. The average molecular weight is 1200 g/mol. The summed E-state index contributed by atoms with van der Waals surface area (Å²) in [5.74, 6) is -5.51. The van der Waals surface area contributed by atoms with Gasteiger partial charge in [0.1, 0.15) is 106 Å². The van der Waals surface area contributed by atoms with Crippen LogP contribution in [0.5, 0.6) is 0 Å². The molecule has 4 saturated heterocycles. The lowest BCUT2D eigenvalue weighted by Gasteiger charge is -2.49. The van der Waals surface area contributed by atoms with Crippen LogP contribution in [0.2, 0.25) is 0 Å². The van der Waals surface area contributed by atoms with Crippen LogP contribution in [0.25, 0.3) is 0 Å². The summed E-state index contributed by atoms with van der Waals surface area (Å²) >= 11 is 0. The van der Waals surface area contributed by atoms with E-state index in [0.29, 0.717) is 44.9 Å². The number of allylic oxidation sites excluding steroid dienone is 2. The maximum absolute atomic E-state index is 13.0. The van der Waals surface area contributed by atoms with Gasteiger partial charge in [0.05, 0.1) is 48.6 Å². The third kappa shape index (κ3) is 16.8. The highest BCUT2D eigenvalue weighted by Crippen LogP contribution is 2.44. The van der Waals surface area contributed by atoms with Crippen molar-refractivity contribution < 1.29 is 143 Å². The number of hydrogen-bond donors (Lipinski definition) is 15. The van der Waals surface area contributed by atoms with Crippen molar-refractivity contribution >= 4 is 23.9 Å². The molecule has 16 N–H and O–H groups in total. The van der Waals surface area contributed by atoms with Crippen molar-refractivity contribution in [3.05, 3.63) is 24.3 Å². The van der Waals surface area contributed by atoms with Crippen molar-refractivity contribution in [1.82, 2.24) is 0 Å². The molecule has 8 aliphatic rings. The van der Waals surface area contributed by atoms with E-state index >= 15 is 0 Å². The maximum atomic E-state index is 13.0. The van der Waals surface area contributed by atoms with Crippen molar-refractivity contribution in [1.29, 1.82) is 0 Å². The van der Waals surface area contributed by atoms with Gasteiger partial charge in [0.2, 0.25) is 0 Å². The zero-order valence-corrected chi connectivity index (χ0v) is 45.5. The Labute approximate surface area is 476 Å². The molecule has 4 aliphatic carbocycles. The van der Waals surface area contributed by atoms with E-state index < -0.39 is 209 Å². The van der Waals surface area contributed by atoms with E-state index in [4.69, 9.17) is 52.5 Å². The number of carbonyl (C=O) groups is 4. The number of esters is 3. The second-order valence-electron chi connectivity index (χ2n) is 23.4. The average Bonchev–Trinajstić information content (AvgIpc) is 3.62. The molecule has 12 unspecified atom stereocenters. The van der Waals surface area contributed by atoms with Crippen LogP contribution in [0.15, 0.2) is 24.3 Å². The number of hydrogen-bond acceptors (Lipinski definition) is 27. The molecule has 0 aromatic carbocycles. The summed E-state index contributed by atoms with van der Waals surface area (Å²) in [5.41, 5.74) is 0. The number of aliphatic carboxylic acids is 1. The minimum Gasteiger partial charge on any atom is -0.481 e. The number of fused-ring (bicyclic) bond motifs is 1. The standard InChI is InChI=1S/C54H82O29/c55-25-7-5-24(6-8-25)51-34(80-54-50(73)47(70)44(67)37(83-54)21-76-41(64)18-38(60)61)17-27-29(57)15-26(16-33(27)78-51)77-52-48(71)45(68)42(65)35(81-52)19-74-40(63)12-4-23-2-10-32(31(59)14-23)79-53-49(72)46(69)43(66)36(82-53)20-75-39(62)11-3-22-1-9-28(56)30(58)13-22/h3-4,11-12,22-37,42-59,65-73H,1-2,5-10,13-21H2,(H,60,61)/p+1/t22?,23?,24?,25?,26?,27?,28?,29?,30?,31?,32?,33?,34?,35-,36-,37-,42-,43-,44-,45+,46+,47+,48-,49-,50-,51?,52-,53-,54-/m1/s1. The Kier molecular flexibility index (Phi) is 23.3. The van der Waals surface area contributed by atoms with Gasteiger partial charge in [-0.3, -0.25) is 9.59 Å². The number of rotatable bonds is 19. The van der Waals surface area contributed by atoms with Gasteiger partial charge >= 0.3 is 23.9 Å². The molecule has 4 heterocycles. The van der Waals surface area contributed by atoms with Crippen molar-refractivity contribution in [2.45, 2.75) is 243 Å². The molecule has 0 bridgehead atoms. The molecule has 0 amide bonds. The highest BCUT2D eigenvalue weighted by atomic mass is 16.7. The molecule has 0 aromatic heterocycles. The molecule has 29 heteroatoms. The van der Waals surface area contributed by atoms with Crippen molar-refractivity contribution in [2.75, 3.05) is 19.8 Å². The Balaban J connectivity index is 0.800. The van der Waals surface area contributed by atoms with Crippen LogP contribution in [-0.4, -0.2) is 278 Å². The van der Waals surface area contributed by atoms with Crippen molar-refractivity contribution in [3.8, 4) is 0 Å². The van der Waals surface area contributed by atoms with E-state index in [1.165, 1.54) is 6.08 Å². The molecule has 83 heavy (non-hydrogen) atoms. The van der Waals surface area contributed by atoms with Gasteiger partial charge in [-0.2, -0.15) is 0 Å². The number of carboxylic acid groups (broad SMARTS) is 1. The highest BCUT2D eigenvalue weighted by Gasteiger charge is 2.56. The van der Waals surface area contributed by atoms with Crippen molar-refractivity contribution in [3.63, 3.8) is 0 Å². The van der Waals surface area contributed by atoms with Crippen LogP contribution in [0.1, 0.15) is 89.9 Å². The lowest BCUT2D eigenvalue weighted by Crippen LogP contribution is -2.63. The fourth-order valence-corrected chi connectivity index (χ4v) is 12.6. The minimum absolute atomic E-state index is 0.0241. The zero-order valence-electron chi connectivity index (χ0n) is 45.5. The molecule has 4 aliphatic heterocycles. The topological polar surface area (TPSA) is 468 Å². The lowest BCUT2D eigenvalue weighted by atomic mass is 9.73. The summed E-state index contributed by atoms with van der Waals surface area (Å²) in [7, 11) is 0. The van der Waals surface area contributed by atoms with Gasteiger partial charge in [-0.25, -0.2) is 9.59 Å². The number of aliphatic hydroxyl groups is 16. The first-order valence-electron chi connectivity index (χ1n) is 28.7. The summed E-state index contributed by atoms with van der Waals surface area (Å²) in [4.78, 5) is 48.3. The number of aliphatic hydroxyl groups excluding tert-OH is 14. The van der Waals surface area contributed by atoms with Crippen molar-refractivity contribution in [2.24, 2.45) is 23.7 Å². The third-order valence-corrected chi connectivity index (χ3v) is 17.5. The quantitative estimate of drug-likeness (QED) is 0.0189. The molecule has 0 radical (unpaired) electrons. The van der Waals surface area contributed by atoms with Crippen LogP contribution < -0.4 is 0 Å². The predicted molar refractivity (Wildman–Crippen MR) is 272 cm³/mol. The Hall–Kier alpha value is -3.48. The van der Waals surface area contributed by atoms with Gasteiger partial charge in [0.15, 0.2) is 31.1 Å². The second kappa shape index (κ2) is 29.5. The van der Waals surface area contributed by atoms with Gasteiger partial charge in [-0.1, -0.05) is 12.2 Å². The fourth-order valence-electron chi connectivity index (χ4n) is 12.6. The van der Waals surface area contributed by atoms with Gasteiger partial charge in [0, 0.05) is 30.9 Å². The van der Waals surface area contributed by atoms with E-state index in [1.807, 2.05) is 0 Å². The highest BCUT2D eigenvalue weighted by molar-refractivity contribution is 5.90. The molecule has 0 spiro atoms. The smallest absolute Gasteiger partial charge is 0.330 e. The van der Waals surface area contributed by atoms with Gasteiger partial charge in [0.25, 0.3) is 0 Å². The molecule has 4 saturated carbocycles. The Morgan fingerprint density at radius 1 is 0.458 bits per heavy atom. The largest absolute Gasteiger partial charge is 0.481 e. The monoisotopic (exact) mass is 1200 g/mol. The molecule has 0 aromatic rings. The molecule has 27 atom stereocenters. The predicted octanol–water partition coefficient (Wildman–Crippen LogP) is -5.54. The van der Waals surface area contributed by atoms with E-state index in [-0.39, 0.29) is 56.3 Å². The van der Waals surface area contributed by atoms with Gasteiger partial charge in [-0.05, 0) is 82.5 Å². The summed E-state index contributed by atoms with van der Waals surface area (Å²) in [5, 5.41) is 159. The van der Waals surface area contributed by atoms with Crippen LogP contribution in [0.4, 0.5) is 0 Å². The summed E-state index contributed by atoms with van der Waals surface area (Å²) in [6.07, 6.45) is -24.6. The summed E-state index contributed by atoms with van der Waals surface area (Å²) in [6.45, 7) is -1.80. The van der Waals surface area contributed by atoms with Crippen LogP contribution in [0.3, 0.4) is 0 Å². The second-order valence-corrected chi connectivity index (χ2v) is 23.4. The molecule has 472 valence electrons. The molecule has 8 rings (SSSR count). The van der Waals surface area contributed by atoms with Gasteiger partial charge in [-0.15, -0.1) is 0 Å². The fraction of sp³-hybridized carbons (Fsp3) is 0.852. The molecule has 29 nitrogen and oxygen atoms in total. The van der Waals surface area contributed by atoms with Crippen LogP contribution >= 0.6 is 0 Å². The summed E-state index contributed by atoms with van der Waals surface area (Å²) < 4.78 is 56.4. The van der Waals surface area contributed by atoms with Crippen LogP contribution in [0, 0.1) is 23.7 Å². The zero-order chi connectivity index (χ0) is 60.0. The lowest BCUT2D eigenvalue weighted by molar-refractivity contribution is -0.361. The molecule has 8 fully saturated rings. The first kappa shape index (κ1) is 65.5. The van der Waals surface area contributed by atoms with E-state index in [2.05, 4.69) is 0 Å². The number of carboxylic acids is 1. The first-order chi connectivity index (χ1) is 39.4. The molecular formula is C54H83O29+. The first-order valence-corrected chi connectivity index (χ1v) is 28.7.